The van der Waals surface area contributed by atoms with Crippen LogP contribution >= 0.6 is 0 Å². The standard InChI is InChI=1S/C11H13NO2/c1-2-14-11(13)7-3-5-10-6-4-8-12-9-10/h3-6,8-9H,2,7H2,1H3. The quantitative estimate of drug-likeness (QED) is 0.684. The normalized spacial score (nSPS) is 10.4. The molecule has 0 aromatic carbocycles. The van der Waals surface area contributed by atoms with E-state index >= 15 is 0 Å². The molecule has 0 bridgehead atoms. The predicted octanol–water partition coefficient (Wildman–Crippen LogP) is 2.05. The van der Waals surface area contributed by atoms with E-state index in [0.717, 1.165) is 5.56 Å². The first kappa shape index (κ1) is 10.4. The first-order valence-electron chi connectivity index (χ1n) is 4.55. The van der Waals surface area contributed by atoms with E-state index in [2.05, 4.69) is 4.98 Å². The molecular formula is C11H13NO2. The Morgan fingerprint density at radius 3 is 3.14 bits per heavy atom. The number of pyridine rings is 1. The van der Waals surface area contributed by atoms with Gasteiger partial charge in [0.25, 0.3) is 0 Å². The average Bonchev–Trinajstić information content (AvgIpc) is 2.20. The van der Waals surface area contributed by atoms with Crippen molar-refractivity contribution in [1.29, 1.82) is 0 Å². The Balaban J connectivity index is 2.38. The van der Waals surface area contributed by atoms with Crippen molar-refractivity contribution in [3.05, 3.63) is 36.2 Å². The van der Waals surface area contributed by atoms with Gasteiger partial charge in [0.05, 0.1) is 13.0 Å². The van der Waals surface area contributed by atoms with Crippen LogP contribution in [0.4, 0.5) is 0 Å². The highest BCUT2D eigenvalue weighted by molar-refractivity contribution is 5.72. The SMILES string of the molecule is CCOC(=O)CC=Cc1cccnc1. The van der Waals surface area contributed by atoms with Crippen molar-refractivity contribution < 1.29 is 9.53 Å². The summed E-state index contributed by atoms with van der Waals surface area (Å²) < 4.78 is 4.77. The molecule has 74 valence electrons. The van der Waals surface area contributed by atoms with Gasteiger partial charge >= 0.3 is 5.97 Å². The van der Waals surface area contributed by atoms with Crippen LogP contribution in [0.1, 0.15) is 18.9 Å². The van der Waals surface area contributed by atoms with Gasteiger partial charge in [0, 0.05) is 12.4 Å². The van der Waals surface area contributed by atoms with Crippen molar-refractivity contribution in [3.8, 4) is 0 Å². The summed E-state index contributed by atoms with van der Waals surface area (Å²) in [6.45, 7) is 2.22. The average molecular weight is 191 g/mol. The van der Waals surface area contributed by atoms with Gasteiger partial charge in [0.15, 0.2) is 0 Å². The molecule has 1 aromatic heterocycles. The summed E-state index contributed by atoms with van der Waals surface area (Å²) in [5.41, 5.74) is 0.983. The fourth-order valence-corrected chi connectivity index (χ4v) is 0.986. The maximum atomic E-state index is 10.9. The predicted molar refractivity (Wildman–Crippen MR) is 54.5 cm³/mol. The second-order valence-electron chi connectivity index (χ2n) is 2.70. The Kier molecular flexibility index (Phi) is 4.41. The van der Waals surface area contributed by atoms with Crippen LogP contribution < -0.4 is 0 Å². The summed E-state index contributed by atoms with van der Waals surface area (Å²) in [5, 5.41) is 0. The van der Waals surface area contributed by atoms with E-state index in [1.165, 1.54) is 0 Å². The summed E-state index contributed by atoms with van der Waals surface area (Å²) in [7, 11) is 0. The maximum Gasteiger partial charge on any atom is 0.309 e. The second kappa shape index (κ2) is 5.91. The Hall–Kier alpha value is -1.64. The van der Waals surface area contributed by atoms with Gasteiger partial charge in [-0.2, -0.15) is 0 Å². The van der Waals surface area contributed by atoms with Crippen LogP contribution in [0.25, 0.3) is 6.08 Å². The highest BCUT2D eigenvalue weighted by Gasteiger charge is 1.95. The molecule has 0 N–H and O–H groups in total. The monoisotopic (exact) mass is 191 g/mol. The zero-order valence-corrected chi connectivity index (χ0v) is 8.14. The van der Waals surface area contributed by atoms with E-state index < -0.39 is 0 Å². The van der Waals surface area contributed by atoms with Gasteiger partial charge in [-0.1, -0.05) is 18.2 Å². The molecule has 0 atom stereocenters. The molecule has 0 saturated heterocycles. The molecule has 0 aliphatic carbocycles. The molecule has 0 unspecified atom stereocenters. The molecule has 3 nitrogen and oxygen atoms in total. The molecule has 1 heterocycles. The maximum absolute atomic E-state index is 10.9. The van der Waals surface area contributed by atoms with Crippen LogP contribution in [0, 0.1) is 0 Å². The van der Waals surface area contributed by atoms with Crippen LogP contribution in [0.2, 0.25) is 0 Å². The highest BCUT2D eigenvalue weighted by atomic mass is 16.5. The topological polar surface area (TPSA) is 39.2 Å². The van der Waals surface area contributed by atoms with E-state index in [1.807, 2.05) is 18.2 Å². The minimum Gasteiger partial charge on any atom is -0.466 e. The first-order chi connectivity index (χ1) is 6.83. The molecule has 0 aliphatic heterocycles. The van der Waals surface area contributed by atoms with Crippen LogP contribution in [-0.2, 0) is 9.53 Å². The van der Waals surface area contributed by atoms with Gasteiger partial charge in [-0.3, -0.25) is 9.78 Å². The Morgan fingerprint density at radius 1 is 1.64 bits per heavy atom. The van der Waals surface area contributed by atoms with E-state index in [9.17, 15) is 4.79 Å². The van der Waals surface area contributed by atoms with Gasteiger partial charge in [-0.25, -0.2) is 0 Å². The molecular weight excluding hydrogens is 178 g/mol. The first-order valence-corrected chi connectivity index (χ1v) is 4.55. The van der Waals surface area contributed by atoms with Gasteiger partial charge in [-0.05, 0) is 18.6 Å². The Bertz CT molecular complexity index is 306. The van der Waals surface area contributed by atoms with Crippen LogP contribution in [-0.4, -0.2) is 17.6 Å². The molecule has 1 aromatic rings. The largest absolute Gasteiger partial charge is 0.466 e. The number of hydrogen-bond acceptors (Lipinski definition) is 3. The zero-order valence-electron chi connectivity index (χ0n) is 8.14. The minimum atomic E-state index is -0.201. The zero-order chi connectivity index (χ0) is 10.2. The smallest absolute Gasteiger partial charge is 0.309 e. The van der Waals surface area contributed by atoms with Crippen molar-refractivity contribution in [2.75, 3.05) is 6.61 Å². The molecule has 0 spiro atoms. The van der Waals surface area contributed by atoms with Crippen molar-refractivity contribution in [2.24, 2.45) is 0 Å². The third-order valence-corrected chi connectivity index (χ3v) is 1.58. The summed E-state index contributed by atoms with van der Waals surface area (Å²) in [6.07, 6.45) is 7.38. The summed E-state index contributed by atoms with van der Waals surface area (Å²) in [5.74, 6) is -0.201. The van der Waals surface area contributed by atoms with E-state index in [4.69, 9.17) is 4.74 Å². The van der Waals surface area contributed by atoms with Crippen molar-refractivity contribution >= 4 is 12.0 Å². The van der Waals surface area contributed by atoms with E-state index in [0.29, 0.717) is 13.0 Å². The van der Waals surface area contributed by atoms with Gasteiger partial charge in [0.1, 0.15) is 0 Å². The lowest BCUT2D eigenvalue weighted by Gasteiger charge is -1.96. The molecule has 3 heteroatoms. The van der Waals surface area contributed by atoms with Crippen LogP contribution in [0.5, 0.6) is 0 Å². The summed E-state index contributed by atoms with van der Waals surface area (Å²) in [4.78, 5) is 14.9. The lowest BCUT2D eigenvalue weighted by atomic mass is 10.2. The molecule has 0 radical (unpaired) electrons. The number of carbonyl (C=O) groups excluding carboxylic acids is 1. The Morgan fingerprint density at radius 2 is 2.50 bits per heavy atom. The molecule has 0 aliphatic rings. The van der Waals surface area contributed by atoms with Crippen LogP contribution in [0.3, 0.4) is 0 Å². The van der Waals surface area contributed by atoms with Crippen molar-refractivity contribution in [2.45, 2.75) is 13.3 Å². The third-order valence-electron chi connectivity index (χ3n) is 1.58. The third kappa shape index (κ3) is 3.85. The molecule has 0 saturated carbocycles. The fraction of sp³-hybridized carbons (Fsp3) is 0.273. The van der Waals surface area contributed by atoms with Crippen molar-refractivity contribution in [1.82, 2.24) is 4.98 Å². The number of esters is 1. The number of ether oxygens (including phenoxy) is 1. The lowest BCUT2D eigenvalue weighted by molar-refractivity contribution is -0.142. The lowest BCUT2D eigenvalue weighted by Crippen LogP contribution is -2.01. The van der Waals surface area contributed by atoms with Gasteiger partial charge in [-0.15, -0.1) is 0 Å². The second-order valence-corrected chi connectivity index (χ2v) is 2.70. The molecule has 1 rings (SSSR count). The van der Waals surface area contributed by atoms with E-state index in [-0.39, 0.29) is 5.97 Å². The van der Waals surface area contributed by atoms with Gasteiger partial charge < -0.3 is 4.74 Å². The molecule has 0 fully saturated rings. The number of aromatic nitrogens is 1. The Labute approximate surface area is 83.4 Å². The summed E-state index contributed by atoms with van der Waals surface area (Å²) in [6, 6.07) is 3.78. The molecule has 14 heavy (non-hydrogen) atoms. The minimum absolute atomic E-state index is 0.201. The number of rotatable bonds is 4. The number of carbonyl (C=O) groups is 1. The number of hydrogen-bond donors (Lipinski definition) is 0. The van der Waals surface area contributed by atoms with Gasteiger partial charge in [0.2, 0.25) is 0 Å². The fourth-order valence-electron chi connectivity index (χ4n) is 0.986. The van der Waals surface area contributed by atoms with E-state index in [1.54, 1.807) is 25.4 Å². The molecule has 0 amide bonds. The number of nitrogens with zero attached hydrogens (tertiary/aromatic N) is 1. The van der Waals surface area contributed by atoms with Crippen LogP contribution in [0.15, 0.2) is 30.6 Å². The van der Waals surface area contributed by atoms with Crippen molar-refractivity contribution in [3.63, 3.8) is 0 Å². The summed E-state index contributed by atoms with van der Waals surface area (Å²) >= 11 is 0. The highest BCUT2D eigenvalue weighted by Crippen LogP contribution is 2.00.